The zero-order chi connectivity index (χ0) is 12.3. The van der Waals surface area contributed by atoms with E-state index in [0.29, 0.717) is 0 Å². The maximum atomic E-state index is 11.3. The van der Waals surface area contributed by atoms with E-state index < -0.39 is 5.91 Å². The standard InChI is InChI=1S/C10H7Cl2NO3/c1-13-10(14)5-4-6(11)8(15-2)9(16-3)7(5)12/h4H,2-3H3. The fourth-order valence-corrected chi connectivity index (χ4v) is 1.74. The Balaban J connectivity index is 3.53. The van der Waals surface area contributed by atoms with Gasteiger partial charge in [0, 0.05) is 5.56 Å². The van der Waals surface area contributed by atoms with Gasteiger partial charge in [0.25, 0.3) is 0 Å². The zero-order valence-corrected chi connectivity index (χ0v) is 10.0. The van der Waals surface area contributed by atoms with Gasteiger partial charge in [0.05, 0.1) is 30.8 Å². The smallest absolute Gasteiger partial charge is 0.387 e. The molecule has 1 amide bonds. The van der Waals surface area contributed by atoms with Crippen molar-refractivity contribution in [2.75, 3.05) is 14.2 Å². The molecule has 0 atom stereocenters. The molecule has 1 aromatic rings. The van der Waals surface area contributed by atoms with Crippen molar-refractivity contribution < 1.29 is 14.3 Å². The molecule has 1 aromatic carbocycles. The van der Waals surface area contributed by atoms with Crippen LogP contribution in [-0.4, -0.2) is 20.1 Å². The van der Waals surface area contributed by atoms with E-state index in [1.165, 1.54) is 20.3 Å². The molecule has 0 bridgehead atoms. The summed E-state index contributed by atoms with van der Waals surface area (Å²) in [5.74, 6) is -0.424. The lowest BCUT2D eigenvalue weighted by Crippen LogP contribution is -1.99. The first kappa shape index (κ1) is 12.6. The zero-order valence-electron chi connectivity index (χ0n) is 8.51. The number of halogens is 2. The minimum Gasteiger partial charge on any atom is -0.491 e. The van der Waals surface area contributed by atoms with Crippen LogP contribution in [0.3, 0.4) is 0 Å². The van der Waals surface area contributed by atoms with Crippen molar-refractivity contribution in [2.24, 2.45) is 0 Å². The van der Waals surface area contributed by atoms with Gasteiger partial charge in [0.1, 0.15) is 0 Å². The third-order valence-corrected chi connectivity index (χ3v) is 2.53. The average Bonchev–Trinajstić information content (AvgIpc) is 2.29. The van der Waals surface area contributed by atoms with Crippen LogP contribution in [0.1, 0.15) is 10.4 Å². The number of amides is 1. The number of carbonyl (C=O) groups excluding carboxylic acids is 1. The molecule has 84 valence electrons. The van der Waals surface area contributed by atoms with E-state index in [1.807, 2.05) is 0 Å². The maximum Gasteiger partial charge on any atom is 0.387 e. The van der Waals surface area contributed by atoms with Crippen LogP contribution in [0.25, 0.3) is 4.85 Å². The lowest BCUT2D eigenvalue weighted by atomic mass is 10.2. The highest BCUT2D eigenvalue weighted by Gasteiger charge is 2.21. The minimum absolute atomic E-state index is 0.000633. The van der Waals surface area contributed by atoms with Gasteiger partial charge in [-0.05, 0) is 6.07 Å². The first-order chi connectivity index (χ1) is 7.56. The summed E-state index contributed by atoms with van der Waals surface area (Å²) in [6, 6.07) is 1.28. The van der Waals surface area contributed by atoms with E-state index in [4.69, 9.17) is 39.2 Å². The molecule has 0 saturated heterocycles. The maximum absolute atomic E-state index is 11.3. The van der Waals surface area contributed by atoms with Gasteiger partial charge in [-0.1, -0.05) is 23.2 Å². The van der Waals surface area contributed by atoms with Crippen molar-refractivity contribution >= 4 is 29.1 Å². The summed E-state index contributed by atoms with van der Waals surface area (Å²) in [7, 11) is 2.77. The number of rotatable bonds is 3. The van der Waals surface area contributed by atoms with E-state index in [1.54, 1.807) is 0 Å². The normalized spacial score (nSPS) is 9.44. The van der Waals surface area contributed by atoms with Crippen molar-refractivity contribution in [1.29, 1.82) is 0 Å². The topological polar surface area (TPSA) is 39.9 Å². The Kier molecular flexibility index (Phi) is 3.99. The van der Waals surface area contributed by atoms with Crippen molar-refractivity contribution in [1.82, 2.24) is 0 Å². The number of ether oxygens (including phenoxy) is 2. The average molecular weight is 260 g/mol. The molecule has 16 heavy (non-hydrogen) atoms. The third-order valence-electron chi connectivity index (χ3n) is 1.87. The second-order valence-corrected chi connectivity index (χ2v) is 3.49. The van der Waals surface area contributed by atoms with Crippen LogP contribution in [0.4, 0.5) is 0 Å². The Morgan fingerprint density at radius 1 is 1.31 bits per heavy atom. The summed E-state index contributed by atoms with van der Waals surface area (Å²) >= 11 is 11.8. The summed E-state index contributed by atoms with van der Waals surface area (Å²) in [4.78, 5) is 14.0. The molecule has 0 saturated carbocycles. The van der Waals surface area contributed by atoms with E-state index in [2.05, 4.69) is 4.85 Å². The van der Waals surface area contributed by atoms with Crippen LogP contribution in [0, 0.1) is 6.57 Å². The first-order valence-electron chi connectivity index (χ1n) is 4.08. The molecule has 0 radical (unpaired) electrons. The number of methoxy groups -OCH3 is 2. The number of hydrogen-bond acceptors (Lipinski definition) is 3. The van der Waals surface area contributed by atoms with Gasteiger partial charge >= 0.3 is 5.91 Å². The monoisotopic (exact) mass is 259 g/mol. The summed E-state index contributed by atoms with van der Waals surface area (Å²) in [6.45, 7) is 6.64. The second kappa shape index (κ2) is 5.06. The van der Waals surface area contributed by atoms with Crippen LogP contribution < -0.4 is 9.47 Å². The summed E-state index contributed by atoms with van der Waals surface area (Å²) in [5, 5.41) is 0.181. The fourth-order valence-electron chi connectivity index (χ4n) is 1.17. The molecule has 1 rings (SSSR count). The van der Waals surface area contributed by atoms with E-state index in [9.17, 15) is 4.79 Å². The minimum atomic E-state index is -0.798. The first-order valence-corrected chi connectivity index (χ1v) is 4.84. The summed E-state index contributed by atoms with van der Waals surface area (Å²) < 4.78 is 9.97. The molecule has 0 fully saturated rings. The highest BCUT2D eigenvalue weighted by molar-refractivity contribution is 6.38. The lowest BCUT2D eigenvalue weighted by molar-refractivity contribution is 0.104. The number of nitrogens with zero attached hydrogens (tertiary/aromatic N) is 1. The van der Waals surface area contributed by atoms with Crippen molar-refractivity contribution in [3.8, 4) is 11.5 Å². The van der Waals surface area contributed by atoms with Gasteiger partial charge in [-0.3, -0.25) is 0 Å². The summed E-state index contributed by atoms with van der Waals surface area (Å²) in [6.07, 6.45) is 0. The molecular weight excluding hydrogens is 253 g/mol. The Hall–Kier alpha value is -1.44. The molecule has 0 heterocycles. The number of hydrogen-bond donors (Lipinski definition) is 0. The highest BCUT2D eigenvalue weighted by atomic mass is 35.5. The SMILES string of the molecule is [C-]#[N+]C(=O)c1cc(Cl)c(OC)c(OC)c1Cl. The van der Waals surface area contributed by atoms with Gasteiger partial charge in [-0.25, -0.2) is 0 Å². The molecule has 6 heteroatoms. The lowest BCUT2D eigenvalue weighted by Gasteiger charge is -2.12. The number of benzene rings is 1. The van der Waals surface area contributed by atoms with E-state index in [0.717, 1.165) is 0 Å². The molecule has 0 N–H and O–H groups in total. The predicted molar refractivity (Wildman–Crippen MR) is 60.5 cm³/mol. The van der Waals surface area contributed by atoms with Crippen molar-refractivity contribution in [3.63, 3.8) is 0 Å². The third kappa shape index (κ3) is 2.06. The Bertz CT molecular complexity index is 480. The van der Waals surface area contributed by atoms with E-state index >= 15 is 0 Å². The molecule has 0 aliphatic carbocycles. The molecule has 0 aromatic heterocycles. The Morgan fingerprint density at radius 3 is 2.31 bits per heavy atom. The Labute approximate surface area is 102 Å². The second-order valence-electron chi connectivity index (χ2n) is 2.70. The van der Waals surface area contributed by atoms with Crippen LogP contribution in [-0.2, 0) is 0 Å². The van der Waals surface area contributed by atoms with Crippen LogP contribution in [0.5, 0.6) is 11.5 Å². The van der Waals surface area contributed by atoms with Crippen molar-refractivity contribution in [3.05, 3.63) is 33.1 Å². The molecule has 0 aliphatic rings. The molecule has 0 unspecified atom stereocenters. The van der Waals surface area contributed by atoms with Crippen LogP contribution >= 0.6 is 23.2 Å². The van der Waals surface area contributed by atoms with Crippen LogP contribution in [0.15, 0.2) is 6.07 Å². The highest BCUT2D eigenvalue weighted by Crippen LogP contribution is 2.43. The van der Waals surface area contributed by atoms with Gasteiger partial charge < -0.3 is 14.3 Å². The largest absolute Gasteiger partial charge is 0.491 e. The Morgan fingerprint density at radius 2 is 1.88 bits per heavy atom. The van der Waals surface area contributed by atoms with Gasteiger partial charge in [-0.2, -0.15) is 4.85 Å². The molecule has 0 aliphatic heterocycles. The predicted octanol–water partition coefficient (Wildman–Crippen LogP) is 3.07. The molecule has 0 spiro atoms. The van der Waals surface area contributed by atoms with Gasteiger partial charge in [-0.15, -0.1) is 0 Å². The molecular formula is C10H7Cl2NO3. The quantitative estimate of drug-likeness (QED) is 0.784. The van der Waals surface area contributed by atoms with Gasteiger partial charge in [0.15, 0.2) is 11.5 Å². The van der Waals surface area contributed by atoms with Gasteiger partial charge in [0.2, 0.25) is 0 Å². The fraction of sp³-hybridized carbons (Fsp3) is 0.200. The number of carbonyl (C=O) groups is 1. The van der Waals surface area contributed by atoms with E-state index in [-0.39, 0.29) is 27.1 Å². The van der Waals surface area contributed by atoms with Crippen LogP contribution in [0.2, 0.25) is 10.0 Å². The molecule has 4 nitrogen and oxygen atoms in total. The summed E-state index contributed by atoms with van der Waals surface area (Å²) in [5.41, 5.74) is -0.000633. The van der Waals surface area contributed by atoms with Crippen molar-refractivity contribution in [2.45, 2.75) is 0 Å².